The fourth-order valence-corrected chi connectivity index (χ4v) is 1.78. The van der Waals surface area contributed by atoms with Crippen LogP contribution in [-0.2, 0) is 0 Å². The molecule has 6 heteroatoms. The number of hydrogen-bond acceptors (Lipinski definition) is 3. The predicted molar refractivity (Wildman–Crippen MR) is 73.2 cm³/mol. The number of nitrogens with one attached hydrogen (secondary N) is 1. The first-order chi connectivity index (χ1) is 8.43. The molecule has 5 nitrogen and oxygen atoms in total. The van der Waals surface area contributed by atoms with Crippen LogP contribution in [0.4, 0.5) is 5.69 Å². The summed E-state index contributed by atoms with van der Waals surface area (Å²) < 4.78 is 0. The molecule has 98 valence electrons. The number of nitro benzene ring substituents is 1. The average molecular weight is 315 g/mol. The fourth-order valence-electron chi connectivity index (χ4n) is 1.55. The standard InChI is InChI=1S/C12H15BrN2O3/c1-8(13)6-7-14-12(16)10-4-3-5-11(9(10)2)15(17)18/h3-5,8H,6-7H2,1-2H3,(H,14,16). The van der Waals surface area contributed by atoms with Gasteiger partial charge in [-0.3, -0.25) is 14.9 Å². The molecule has 1 rings (SSSR count). The van der Waals surface area contributed by atoms with Crippen LogP contribution in [-0.4, -0.2) is 22.2 Å². The number of carbonyl (C=O) groups is 1. The molecule has 1 atom stereocenters. The Kier molecular flexibility index (Phi) is 5.27. The first-order valence-corrected chi connectivity index (χ1v) is 6.51. The highest BCUT2D eigenvalue weighted by atomic mass is 79.9. The van der Waals surface area contributed by atoms with Crippen molar-refractivity contribution in [1.82, 2.24) is 5.32 Å². The van der Waals surface area contributed by atoms with E-state index in [1.54, 1.807) is 13.0 Å². The molecule has 0 aromatic heterocycles. The van der Waals surface area contributed by atoms with Crippen molar-refractivity contribution < 1.29 is 9.72 Å². The zero-order valence-corrected chi connectivity index (χ0v) is 11.9. The minimum absolute atomic E-state index is 0.0310. The Morgan fingerprint density at radius 1 is 1.56 bits per heavy atom. The van der Waals surface area contributed by atoms with E-state index in [1.807, 2.05) is 6.92 Å². The molecule has 1 unspecified atom stereocenters. The molecular weight excluding hydrogens is 300 g/mol. The van der Waals surface area contributed by atoms with Gasteiger partial charge >= 0.3 is 0 Å². The first-order valence-electron chi connectivity index (χ1n) is 5.59. The van der Waals surface area contributed by atoms with E-state index in [4.69, 9.17) is 0 Å². The lowest BCUT2D eigenvalue weighted by atomic mass is 10.1. The second-order valence-corrected chi connectivity index (χ2v) is 5.60. The monoisotopic (exact) mass is 314 g/mol. The third-order valence-corrected chi connectivity index (χ3v) is 3.03. The molecule has 0 radical (unpaired) electrons. The van der Waals surface area contributed by atoms with Crippen LogP contribution in [0.15, 0.2) is 18.2 Å². The number of rotatable bonds is 5. The van der Waals surface area contributed by atoms with Crippen molar-refractivity contribution in [3.63, 3.8) is 0 Å². The lowest BCUT2D eigenvalue weighted by molar-refractivity contribution is -0.385. The Morgan fingerprint density at radius 3 is 2.78 bits per heavy atom. The molecule has 1 amide bonds. The van der Waals surface area contributed by atoms with Crippen LogP contribution in [0.25, 0.3) is 0 Å². The second kappa shape index (κ2) is 6.49. The number of benzene rings is 1. The van der Waals surface area contributed by atoms with Gasteiger partial charge in [-0.2, -0.15) is 0 Å². The predicted octanol–water partition coefficient (Wildman–Crippen LogP) is 2.81. The van der Waals surface area contributed by atoms with Crippen LogP contribution in [0.5, 0.6) is 0 Å². The minimum Gasteiger partial charge on any atom is -0.352 e. The molecule has 0 aliphatic heterocycles. The molecule has 1 N–H and O–H groups in total. The van der Waals surface area contributed by atoms with Gasteiger partial charge in [0.2, 0.25) is 0 Å². The van der Waals surface area contributed by atoms with Crippen LogP contribution in [0.3, 0.4) is 0 Å². The quantitative estimate of drug-likeness (QED) is 0.516. The van der Waals surface area contributed by atoms with Gasteiger partial charge in [-0.1, -0.05) is 28.9 Å². The van der Waals surface area contributed by atoms with Crippen LogP contribution in [0.1, 0.15) is 29.3 Å². The molecule has 1 aromatic rings. The molecular formula is C12H15BrN2O3. The van der Waals surface area contributed by atoms with E-state index < -0.39 is 4.92 Å². The molecule has 0 aliphatic carbocycles. The van der Waals surface area contributed by atoms with Crippen molar-refractivity contribution in [1.29, 1.82) is 0 Å². The van der Waals surface area contributed by atoms with Gasteiger partial charge < -0.3 is 5.32 Å². The van der Waals surface area contributed by atoms with Crippen molar-refractivity contribution >= 4 is 27.5 Å². The van der Waals surface area contributed by atoms with Crippen LogP contribution in [0, 0.1) is 17.0 Å². The Labute approximate surface area is 114 Å². The summed E-state index contributed by atoms with van der Waals surface area (Å²) in [6.07, 6.45) is 0.805. The Balaban J connectivity index is 2.80. The highest BCUT2D eigenvalue weighted by molar-refractivity contribution is 9.09. The molecule has 0 saturated carbocycles. The largest absolute Gasteiger partial charge is 0.352 e. The maximum absolute atomic E-state index is 11.9. The van der Waals surface area contributed by atoms with Gasteiger partial charge in [0.1, 0.15) is 0 Å². The summed E-state index contributed by atoms with van der Waals surface area (Å²) in [6, 6.07) is 4.51. The highest BCUT2D eigenvalue weighted by Crippen LogP contribution is 2.20. The highest BCUT2D eigenvalue weighted by Gasteiger charge is 2.17. The molecule has 0 saturated heterocycles. The molecule has 0 fully saturated rings. The lowest BCUT2D eigenvalue weighted by Crippen LogP contribution is -2.26. The van der Waals surface area contributed by atoms with Gasteiger partial charge in [-0.15, -0.1) is 0 Å². The summed E-state index contributed by atoms with van der Waals surface area (Å²) in [6.45, 7) is 4.11. The van der Waals surface area contributed by atoms with Gasteiger partial charge in [-0.05, 0) is 19.4 Å². The van der Waals surface area contributed by atoms with Crippen LogP contribution < -0.4 is 5.32 Å². The molecule has 1 aromatic carbocycles. The summed E-state index contributed by atoms with van der Waals surface area (Å²) in [4.78, 5) is 22.5. The third-order valence-electron chi connectivity index (χ3n) is 2.57. The smallest absolute Gasteiger partial charge is 0.273 e. The zero-order chi connectivity index (χ0) is 13.7. The molecule has 18 heavy (non-hydrogen) atoms. The van der Waals surface area contributed by atoms with E-state index in [0.717, 1.165) is 6.42 Å². The summed E-state index contributed by atoms with van der Waals surface area (Å²) in [7, 11) is 0. The van der Waals surface area contributed by atoms with Crippen LogP contribution in [0.2, 0.25) is 0 Å². The Hall–Kier alpha value is -1.43. The average Bonchev–Trinajstić information content (AvgIpc) is 2.28. The number of halogens is 1. The number of alkyl halides is 1. The van der Waals surface area contributed by atoms with E-state index in [0.29, 0.717) is 22.5 Å². The van der Waals surface area contributed by atoms with Gasteiger partial charge in [-0.25, -0.2) is 0 Å². The summed E-state index contributed by atoms with van der Waals surface area (Å²) in [5, 5.41) is 13.5. The molecule has 0 aliphatic rings. The first kappa shape index (κ1) is 14.6. The van der Waals surface area contributed by atoms with E-state index >= 15 is 0 Å². The minimum atomic E-state index is -0.479. The number of carbonyl (C=O) groups excluding carboxylic acids is 1. The fraction of sp³-hybridized carbons (Fsp3) is 0.417. The lowest BCUT2D eigenvalue weighted by Gasteiger charge is -2.08. The summed E-state index contributed by atoms with van der Waals surface area (Å²) in [5.41, 5.74) is 0.717. The van der Waals surface area contributed by atoms with Gasteiger partial charge in [0.15, 0.2) is 0 Å². The van der Waals surface area contributed by atoms with Crippen LogP contribution >= 0.6 is 15.9 Å². The zero-order valence-electron chi connectivity index (χ0n) is 10.3. The number of nitro groups is 1. The second-order valence-electron chi connectivity index (χ2n) is 4.03. The summed E-state index contributed by atoms with van der Waals surface area (Å²) >= 11 is 3.39. The maximum atomic E-state index is 11.9. The van der Waals surface area contributed by atoms with Crippen molar-refractivity contribution in [2.45, 2.75) is 25.1 Å². The van der Waals surface area contributed by atoms with E-state index in [1.165, 1.54) is 12.1 Å². The molecule has 0 heterocycles. The SMILES string of the molecule is Cc1c(C(=O)NCCC(C)Br)cccc1[N+](=O)[O-]. The third kappa shape index (κ3) is 3.80. The Morgan fingerprint density at radius 2 is 2.22 bits per heavy atom. The normalized spacial score (nSPS) is 11.9. The van der Waals surface area contributed by atoms with E-state index in [-0.39, 0.29) is 11.6 Å². The topological polar surface area (TPSA) is 72.2 Å². The Bertz CT molecular complexity index is 461. The van der Waals surface area contributed by atoms with E-state index in [9.17, 15) is 14.9 Å². The van der Waals surface area contributed by atoms with Gasteiger partial charge in [0.25, 0.3) is 11.6 Å². The molecule has 0 bridgehead atoms. The number of amides is 1. The van der Waals surface area contributed by atoms with Crippen molar-refractivity contribution in [2.24, 2.45) is 0 Å². The summed E-state index contributed by atoms with van der Waals surface area (Å²) in [5.74, 6) is -0.274. The number of hydrogen-bond donors (Lipinski definition) is 1. The molecule has 0 spiro atoms. The van der Waals surface area contributed by atoms with Crippen molar-refractivity contribution in [3.05, 3.63) is 39.4 Å². The van der Waals surface area contributed by atoms with E-state index in [2.05, 4.69) is 21.2 Å². The van der Waals surface area contributed by atoms with Gasteiger partial charge in [0, 0.05) is 28.6 Å². The maximum Gasteiger partial charge on any atom is 0.273 e. The van der Waals surface area contributed by atoms with Crippen molar-refractivity contribution in [2.75, 3.05) is 6.54 Å². The van der Waals surface area contributed by atoms with Gasteiger partial charge in [0.05, 0.1) is 4.92 Å². The van der Waals surface area contributed by atoms with Crippen molar-refractivity contribution in [3.8, 4) is 0 Å². The number of nitrogens with zero attached hydrogens (tertiary/aromatic N) is 1.